The number of aliphatic hydroxyl groups excluding tert-OH is 3. The topological polar surface area (TPSA) is 117 Å². The second-order valence-electron chi connectivity index (χ2n) is 3.98. The van der Waals surface area contributed by atoms with Gasteiger partial charge in [0.25, 0.3) is 0 Å². The monoisotopic (exact) mass is 257 g/mol. The highest BCUT2D eigenvalue weighted by Gasteiger charge is 2.43. The summed E-state index contributed by atoms with van der Waals surface area (Å²) in [6.07, 6.45) is -3.09. The Labute approximate surface area is 102 Å². The van der Waals surface area contributed by atoms with Crippen LogP contribution in [-0.2, 0) is 4.74 Å². The average Bonchev–Trinajstić information content (AvgIpc) is 2.66. The summed E-state index contributed by atoms with van der Waals surface area (Å²) in [4.78, 5) is 15.4. The summed E-state index contributed by atoms with van der Waals surface area (Å²) in [5.74, 6) is 0.392. The summed E-state index contributed by atoms with van der Waals surface area (Å²) in [5.41, 5.74) is -0.614. The first-order valence-corrected chi connectivity index (χ1v) is 5.48. The van der Waals surface area contributed by atoms with Gasteiger partial charge in [-0.1, -0.05) is 0 Å². The van der Waals surface area contributed by atoms with E-state index in [4.69, 9.17) is 9.84 Å². The lowest BCUT2D eigenvalue weighted by atomic mass is 10.1. The number of ether oxygens (including phenoxy) is 1. The van der Waals surface area contributed by atoms with Gasteiger partial charge in [-0.05, 0) is 6.07 Å². The molecular formula is C10H15N3O5. The van der Waals surface area contributed by atoms with Crippen LogP contribution in [-0.4, -0.2) is 56.8 Å². The third kappa shape index (κ3) is 2.10. The number of hydrogen-bond acceptors (Lipinski definition) is 7. The van der Waals surface area contributed by atoms with Crippen molar-refractivity contribution in [3.05, 3.63) is 22.7 Å². The van der Waals surface area contributed by atoms with E-state index in [0.717, 1.165) is 4.57 Å². The van der Waals surface area contributed by atoms with Gasteiger partial charge in [-0.15, -0.1) is 0 Å². The highest BCUT2D eigenvalue weighted by atomic mass is 16.6. The first-order valence-electron chi connectivity index (χ1n) is 5.48. The zero-order valence-electron chi connectivity index (χ0n) is 9.72. The first-order chi connectivity index (χ1) is 8.58. The molecule has 1 aromatic rings. The van der Waals surface area contributed by atoms with E-state index in [2.05, 4.69) is 10.3 Å². The van der Waals surface area contributed by atoms with Gasteiger partial charge in [-0.25, -0.2) is 4.79 Å². The van der Waals surface area contributed by atoms with Crippen LogP contribution in [0.15, 0.2) is 17.1 Å². The number of nitrogens with zero attached hydrogens (tertiary/aromatic N) is 2. The SMILES string of the molecule is CNc1ccn([C@@H]2O[C@@H](CO)[C@@H](O)[C@@H]2O)c(=O)n1. The molecule has 2 rings (SSSR count). The molecule has 1 fully saturated rings. The van der Waals surface area contributed by atoms with Crippen molar-refractivity contribution in [3.63, 3.8) is 0 Å². The molecule has 1 saturated heterocycles. The van der Waals surface area contributed by atoms with Gasteiger partial charge in [0.2, 0.25) is 0 Å². The van der Waals surface area contributed by atoms with Crippen LogP contribution >= 0.6 is 0 Å². The van der Waals surface area contributed by atoms with Crippen molar-refractivity contribution in [1.82, 2.24) is 9.55 Å². The van der Waals surface area contributed by atoms with Gasteiger partial charge in [-0.3, -0.25) is 4.57 Å². The molecule has 1 aromatic heterocycles. The zero-order valence-corrected chi connectivity index (χ0v) is 9.72. The fraction of sp³-hybridized carbons (Fsp3) is 0.600. The van der Waals surface area contributed by atoms with Crippen LogP contribution in [0.25, 0.3) is 0 Å². The van der Waals surface area contributed by atoms with Crippen molar-refractivity contribution in [2.24, 2.45) is 0 Å². The molecule has 0 saturated carbocycles. The molecule has 8 heteroatoms. The third-order valence-electron chi connectivity index (χ3n) is 2.88. The Kier molecular flexibility index (Phi) is 3.62. The lowest BCUT2D eigenvalue weighted by Crippen LogP contribution is -2.36. The Morgan fingerprint density at radius 2 is 2.22 bits per heavy atom. The van der Waals surface area contributed by atoms with Gasteiger partial charge < -0.3 is 25.4 Å². The molecule has 0 amide bonds. The van der Waals surface area contributed by atoms with E-state index in [0.29, 0.717) is 5.82 Å². The predicted molar refractivity (Wildman–Crippen MR) is 61.1 cm³/mol. The first kappa shape index (κ1) is 13.0. The molecule has 0 bridgehead atoms. The van der Waals surface area contributed by atoms with Crippen molar-refractivity contribution in [1.29, 1.82) is 0 Å². The van der Waals surface area contributed by atoms with E-state index in [-0.39, 0.29) is 0 Å². The van der Waals surface area contributed by atoms with Crippen molar-refractivity contribution in [3.8, 4) is 0 Å². The van der Waals surface area contributed by atoms with E-state index in [9.17, 15) is 15.0 Å². The molecule has 0 spiro atoms. The summed E-state index contributed by atoms with van der Waals surface area (Å²) in [6, 6.07) is 1.54. The molecule has 1 aliphatic heterocycles. The average molecular weight is 257 g/mol. The number of rotatable bonds is 3. The lowest BCUT2D eigenvalue weighted by molar-refractivity contribution is -0.0549. The van der Waals surface area contributed by atoms with E-state index in [1.165, 1.54) is 12.3 Å². The van der Waals surface area contributed by atoms with Crippen LogP contribution in [0, 0.1) is 0 Å². The van der Waals surface area contributed by atoms with Gasteiger partial charge in [0.15, 0.2) is 6.23 Å². The van der Waals surface area contributed by atoms with E-state index in [1.807, 2.05) is 0 Å². The summed E-state index contributed by atoms with van der Waals surface area (Å²) in [7, 11) is 1.62. The van der Waals surface area contributed by atoms with E-state index in [1.54, 1.807) is 7.05 Å². The van der Waals surface area contributed by atoms with Crippen molar-refractivity contribution < 1.29 is 20.1 Å². The predicted octanol–water partition coefficient (Wildman–Crippen LogP) is -2.10. The minimum absolute atomic E-state index is 0.392. The molecule has 0 radical (unpaired) electrons. The van der Waals surface area contributed by atoms with Gasteiger partial charge in [0, 0.05) is 13.2 Å². The molecule has 100 valence electrons. The summed E-state index contributed by atoms with van der Waals surface area (Å²) in [5, 5.41) is 31.0. The number of hydrogen-bond donors (Lipinski definition) is 4. The highest BCUT2D eigenvalue weighted by molar-refractivity contribution is 5.30. The normalized spacial score (nSPS) is 31.6. The summed E-state index contributed by atoms with van der Waals surface area (Å²) < 4.78 is 6.30. The van der Waals surface area contributed by atoms with Crippen LogP contribution < -0.4 is 11.0 Å². The molecular weight excluding hydrogens is 242 g/mol. The van der Waals surface area contributed by atoms with Gasteiger partial charge >= 0.3 is 5.69 Å². The maximum atomic E-state index is 11.7. The molecule has 0 unspecified atom stereocenters. The number of nitrogens with one attached hydrogen (secondary N) is 1. The van der Waals surface area contributed by atoms with Crippen LogP contribution in [0.3, 0.4) is 0 Å². The largest absolute Gasteiger partial charge is 0.394 e. The van der Waals surface area contributed by atoms with Crippen LogP contribution in [0.1, 0.15) is 6.23 Å². The zero-order chi connectivity index (χ0) is 13.3. The van der Waals surface area contributed by atoms with Crippen molar-refractivity contribution in [2.75, 3.05) is 19.0 Å². The van der Waals surface area contributed by atoms with Gasteiger partial charge in [0.05, 0.1) is 6.61 Å². The van der Waals surface area contributed by atoms with Crippen LogP contribution in [0.4, 0.5) is 5.82 Å². The van der Waals surface area contributed by atoms with Gasteiger partial charge in [0.1, 0.15) is 24.1 Å². The molecule has 4 atom stereocenters. The molecule has 0 aliphatic carbocycles. The van der Waals surface area contributed by atoms with Crippen LogP contribution in [0.2, 0.25) is 0 Å². The van der Waals surface area contributed by atoms with Crippen LogP contribution in [0.5, 0.6) is 0 Å². The smallest absolute Gasteiger partial charge is 0.351 e. The highest BCUT2D eigenvalue weighted by Crippen LogP contribution is 2.27. The number of aliphatic hydroxyl groups is 3. The molecule has 0 aromatic carbocycles. The van der Waals surface area contributed by atoms with Crippen molar-refractivity contribution >= 4 is 5.82 Å². The minimum atomic E-state index is -1.29. The second kappa shape index (κ2) is 5.02. The molecule has 4 N–H and O–H groups in total. The second-order valence-corrected chi connectivity index (χ2v) is 3.98. The van der Waals surface area contributed by atoms with E-state index < -0.39 is 36.8 Å². The Balaban J connectivity index is 2.30. The maximum Gasteiger partial charge on any atom is 0.351 e. The molecule has 1 aliphatic rings. The van der Waals surface area contributed by atoms with Gasteiger partial charge in [-0.2, -0.15) is 4.98 Å². The van der Waals surface area contributed by atoms with Crippen molar-refractivity contribution in [2.45, 2.75) is 24.5 Å². The fourth-order valence-corrected chi connectivity index (χ4v) is 1.86. The Morgan fingerprint density at radius 3 is 2.72 bits per heavy atom. The maximum absolute atomic E-state index is 11.7. The molecule has 8 nitrogen and oxygen atoms in total. The summed E-state index contributed by atoms with van der Waals surface area (Å²) in [6.45, 7) is -0.439. The Morgan fingerprint density at radius 1 is 1.50 bits per heavy atom. The fourth-order valence-electron chi connectivity index (χ4n) is 1.86. The third-order valence-corrected chi connectivity index (χ3v) is 2.88. The number of anilines is 1. The Hall–Kier alpha value is -1.48. The lowest BCUT2D eigenvalue weighted by Gasteiger charge is -2.17. The minimum Gasteiger partial charge on any atom is -0.394 e. The molecule has 2 heterocycles. The number of aromatic nitrogens is 2. The standard InChI is InChI=1S/C10H15N3O5/c1-11-6-2-3-13(10(17)12-6)9-8(16)7(15)5(4-14)18-9/h2-3,5,7-9,14-16H,4H2,1H3,(H,11,12,17)/t5-,7+,8-,9+/m0/s1. The van der Waals surface area contributed by atoms with E-state index >= 15 is 0 Å². The summed E-state index contributed by atoms with van der Waals surface area (Å²) >= 11 is 0. The Bertz CT molecular complexity index is 477. The quantitative estimate of drug-likeness (QED) is 0.490. The molecule has 18 heavy (non-hydrogen) atoms.